The van der Waals surface area contributed by atoms with Crippen molar-refractivity contribution in [2.75, 3.05) is 6.61 Å². The first-order chi connectivity index (χ1) is 7.69. The average Bonchev–Trinajstić information content (AvgIpc) is 2.59. The zero-order valence-electron chi connectivity index (χ0n) is 8.92. The van der Waals surface area contributed by atoms with Crippen LogP contribution in [0.15, 0.2) is 28.7 Å². The zero-order chi connectivity index (χ0) is 11.5. The molecule has 0 atom stereocenters. The molecule has 0 unspecified atom stereocenters. The van der Waals surface area contributed by atoms with Gasteiger partial charge in [0.25, 0.3) is 0 Å². The number of hydrogen-bond acceptors (Lipinski definition) is 2. The van der Waals surface area contributed by atoms with E-state index >= 15 is 0 Å². The third-order valence-electron chi connectivity index (χ3n) is 2.28. The van der Waals surface area contributed by atoms with E-state index in [1.807, 2.05) is 24.3 Å². The third kappa shape index (κ3) is 2.44. The van der Waals surface area contributed by atoms with E-state index in [0.717, 1.165) is 21.1 Å². The predicted molar refractivity (Wildman–Crippen MR) is 66.3 cm³/mol. The van der Waals surface area contributed by atoms with Crippen LogP contribution in [0.3, 0.4) is 0 Å². The standard InChI is InChI=1S/C12H12BrNO2/c1-2-16-12(15)7-10-6-8-5-9(13)3-4-11(8)14-10/h3-6,14H,2,7H2,1H3. The topological polar surface area (TPSA) is 42.1 Å². The van der Waals surface area contributed by atoms with Gasteiger partial charge in [-0.05, 0) is 31.2 Å². The number of nitrogens with one attached hydrogen (secondary N) is 1. The monoisotopic (exact) mass is 281 g/mol. The molecular formula is C12H12BrNO2. The van der Waals surface area contributed by atoms with Gasteiger partial charge in [-0.2, -0.15) is 0 Å². The summed E-state index contributed by atoms with van der Waals surface area (Å²) in [6, 6.07) is 7.93. The Bertz CT molecular complexity index is 519. The fraction of sp³-hybridized carbons (Fsp3) is 0.250. The molecule has 0 aliphatic heterocycles. The van der Waals surface area contributed by atoms with Gasteiger partial charge in [-0.3, -0.25) is 4.79 Å². The summed E-state index contributed by atoms with van der Waals surface area (Å²) in [5, 5.41) is 1.09. The van der Waals surface area contributed by atoms with Gasteiger partial charge in [0.15, 0.2) is 0 Å². The molecule has 2 aromatic rings. The van der Waals surface area contributed by atoms with Gasteiger partial charge < -0.3 is 9.72 Å². The summed E-state index contributed by atoms with van der Waals surface area (Å²) in [4.78, 5) is 14.5. The SMILES string of the molecule is CCOC(=O)Cc1cc2cc(Br)ccc2[nH]1. The molecule has 0 bridgehead atoms. The molecule has 0 fully saturated rings. The van der Waals surface area contributed by atoms with Gasteiger partial charge in [0.05, 0.1) is 13.0 Å². The number of hydrogen-bond donors (Lipinski definition) is 1. The second kappa shape index (κ2) is 4.70. The highest BCUT2D eigenvalue weighted by atomic mass is 79.9. The lowest BCUT2D eigenvalue weighted by molar-refractivity contribution is -0.142. The minimum atomic E-state index is -0.201. The molecule has 16 heavy (non-hydrogen) atoms. The highest BCUT2D eigenvalue weighted by Gasteiger charge is 2.07. The largest absolute Gasteiger partial charge is 0.466 e. The normalized spacial score (nSPS) is 10.6. The van der Waals surface area contributed by atoms with E-state index in [1.165, 1.54) is 0 Å². The average molecular weight is 282 g/mol. The second-order valence-electron chi connectivity index (χ2n) is 3.51. The molecule has 0 aliphatic carbocycles. The first-order valence-corrected chi connectivity index (χ1v) is 5.91. The Hall–Kier alpha value is -1.29. The number of aromatic amines is 1. The van der Waals surface area contributed by atoms with Crippen molar-refractivity contribution in [3.8, 4) is 0 Å². The van der Waals surface area contributed by atoms with Crippen molar-refractivity contribution in [1.29, 1.82) is 0 Å². The Morgan fingerprint density at radius 1 is 1.44 bits per heavy atom. The molecule has 0 aliphatic rings. The smallest absolute Gasteiger partial charge is 0.311 e. The van der Waals surface area contributed by atoms with Gasteiger partial charge in [0.2, 0.25) is 0 Å². The fourth-order valence-corrected chi connectivity index (χ4v) is 2.01. The van der Waals surface area contributed by atoms with Crippen molar-refractivity contribution in [2.45, 2.75) is 13.3 Å². The van der Waals surface area contributed by atoms with Crippen molar-refractivity contribution in [1.82, 2.24) is 4.98 Å². The maximum Gasteiger partial charge on any atom is 0.311 e. The minimum absolute atomic E-state index is 0.201. The fourth-order valence-electron chi connectivity index (χ4n) is 1.63. The van der Waals surface area contributed by atoms with Crippen LogP contribution < -0.4 is 0 Å². The summed E-state index contributed by atoms with van der Waals surface area (Å²) in [7, 11) is 0. The molecule has 2 rings (SSSR count). The van der Waals surface area contributed by atoms with E-state index in [0.29, 0.717) is 13.0 Å². The van der Waals surface area contributed by atoms with E-state index in [1.54, 1.807) is 6.92 Å². The van der Waals surface area contributed by atoms with Crippen LogP contribution in [0.2, 0.25) is 0 Å². The van der Waals surface area contributed by atoms with Crippen molar-refractivity contribution < 1.29 is 9.53 Å². The number of esters is 1. The Balaban J connectivity index is 2.23. The number of H-pyrrole nitrogens is 1. The molecule has 4 heteroatoms. The molecule has 0 radical (unpaired) electrons. The highest BCUT2D eigenvalue weighted by Crippen LogP contribution is 2.20. The summed E-state index contributed by atoms with van der Waals surface area (Å²) in [5.74, 6) is -0.201. The number of halogens is 1. The van der Waals surface area contributed by atoms with Crippen LogP contribution in [-0.2, 0) is 16.0 Å². The molecule has 84 valence electrons. The lowest BCUT2D eigenvalue weighted by Crippen LogP contribution is -2.07. The first kappa shape index (κ1) is 11.2. The third-order valence-corrected chi connectivity index (χ3v) is 2.77. The van der Waals surface area contributed by atoms with E-state index in [9.17, 15) is 4.79 Å². The molecule has 0 spiro atoms. The second-order valence-corrected chi connectivity index (χ2v) is 4.42. The molecule has 3 nitrogen and oxygen atoms in total. The first-order valence-electron chi connectivity index (χ1n) is 5.12. The quantitative estimate of drug-likeness (QED) is 0.879. The van der Waals surface area contributed by atoms with Crippen LogP contribution in [0, 0.1) is 0 Å². The molecule has 1 N–H and O–H groups in total. The van der Waals surface area contributed by atoms with Gasteiger partial charge in [0, 0.05) is 21.1 Å². The molecule has 1 heterocycles. The Kier molecular flexibility index (Phi) is 3.29. The van der Waals surface area contributed by atoms with Crippen molar-refractivity contribution in [3.05, 3.63) is 34.4 Å². The van der Waals surface area contributed by atoms with E-state index in [4.69, 9.17) is 4.74 Å². The summed E-state index contributed by atoms with van der Waals surface area (Å²) in [6.07, 6.45) is 0.292. The minimum Gasteiger partial charge on any atom is -0.466 e. The number of carbonyl (C=O) groups is 1. The number of ether oxygens (including phenoxy) is 1. The van der Waals surface area contributed by atoms with Crippen LogP contribution in [0.1, 0.15) is 12.6 Å². The van der Waals surface area contributed by atoms with Crippen LogP contribution >= 0.6 is 15.9 Å². The number of fused-ring (bicyclic) bond motifs is 1. The van der Waals surface area contributed by atoms with Crippen LogP contribution in [0.25, 0.3) is 10.9 Å². The summed E-state index contributed by atoms with van der Waals surface area (Å²) in [5.41, 5.74) is 1.91. The number of aromatic nitrogens is 1. The zero-order valence-corrected chi connectivity index (χ0v) is 10.5. The van der Waals surface area contributed by atoms with Gasteiger partial charge in [-0.1, -0.05) is 15.9 Å². The lowest BCUT2D eigenvalue weighted by Gasteiger charge is -1.98. The lowest BCUT2D eigenvalue weighted by atomic mass is 10.2. The number of benzene rings is 1. The predicted octanol–water partition coefficient (Wildman–Crippen LogP) is 3.04. The van der Waals surface area contributed by atoms with E-state index in [-0.39, 0.29) is 5.97 Å². The molecular weight excluding hydrogens is 270 g/mol. The van der Waals surface area contributed by atoms with Crippen LogP contribution in [0.4, 0.5) is 0 Å². The van der Waals surface area contributed by atoms with Gasteiger partial charge in [-0.15, -0.1) is 0 Å². The molecule has 0 amide bonds. The van der Waals surface area contributed by atoms with Gasteiger partial charge in [0.1, 0.15) is 0 Å². The van der Waals surface area contributed by atoms with Gasteiger partial charge >= 0.3 is 5.97 Å². The Morgan fingerprint density at radius 3 is 3.00 bits per heavy atom. The van der Waals surface area contributed by atoms with E-state index in [2.05, 4.69) is 20.9 Å². The Labute approximate surface area is 102 Å². The summed E-state index contributed by atoms with van der Waals surface area (Å²) in [6.45, 7) is 2.23. The Morgan fingerprint density at radius 2 is 2.25 bits per heavy atom. The molecule has 0 saturated carbocycles. The van der Waals surface area contributed by atoms with Crippen molar-refractivity contribution in [3.63, 3.8) is 0 Å². The summed E-state index contributed by atoms with van der Waals surface area (Å²) < 4.78 is 5.93. The number of carbonyl (C=O) groups excluding carboxylic acids is 1. The highest BCUT2D eigenvalue weighted by molar-refractivity contribution is 9.10. The maximum atomic E-state index is 11.3. The van der Waals surface area contributed by atoms with Crippen molar-refractivity contribution in [2.24, 2.45) is 0 Å². The molecule has 0 saturated heterocycles. The maximum absolute atomic E-state index is 11.3. The molecule has 1 aromatic heterocycles. The number of rotatable bonds is 3. The van der Waals surface area contributed by atoms with Crippen LogP contribution in [0.5, 0.6) is 0 Å². The molecule has 1 aromatic carbocycles. The van der Waals surface area contributed by atoms with Crippen LogP contribution in [-0.4, -0.2) is 17.6 Å². The van der Waals surface area contributed by atoms with E-state index < -0.39 is 0 Å². The van der Waals surface area contributed by atoms with Gasteiger partial charge in [-0.25, -0.2) is 0 Å². The van der Waals surface area contributed by atoms with Crippen molar-refractivity contribution >= 4 is 32.8 Å². The summed E-state index contributed by atoms with van der Waals surface area (Å²) >= 11 is 3.41.